The van der Waals surface area contributed by atoms with E-state index in [4.69, 9.17) is 9.47 Å². The summed E-state index contributed by atoms with van der Waals surface area (Å²) in [6, 6.07) is 6.87. The highest BCUT2D eigenvalue weighted by Gasteiger charge is 2.41. The van der Waals surface area contributed by atoms with Crippen LogP contribution in [0.1, 0.15) is 31.4 Å². The van der Waals surface area contributed by atoms with Crippen molar-refractivity contribution >= 4 is 0 Å². The summed E-state index contributed by atoms with van der Waals surface area (Å²) in [6.45, 7) is 5.31. The molecule has 0 aromatic heterocycles. The Morgan fingerprint density at radius 1 is 1.32 bits per heavy atom. The van der Waals surface area contributed by atoms with Gasteiger partial charge in [-0.3, -0.25) is 0 Å². The van der Waals surface area contributed by atoms with Crippen LogP contribution in [0.25, 0.3) is 0 Å². The van der Waals surface area contributed by atoms with Gasteiger partial charge in [0, 0.05) is 19.0 Å². The predicted molar refractivity (Wildman–Crippen MR) is 75.8 cm³/mol. The quantitative estimate of drug-likeness (QED) is 0.841. The van der Waals surface area contributed by atoms with E-state index in [9.17, 15) is 0 Å². The van der Waals surface area contributed by atoms with Gasteiger partial charge in [0.05, 0.1) is 18.8 Å². The molecule has 1 aliphatic carbocycles. The molecule has 19 heavy (non-hydrogen) atoms. The maximum absolute atomic E-state index is 6.35. The molecule has 1 N–H and O–H groups in total. The Labute approximate surface area is 115 Å². The minimum Gasteiger partial charge on any atom is -0.497 e. The largest absolute Gasteiger partial charge is 0.497 e. The molecule has 0 amide bonds. The van der Waals surface area contributed by atoms with Gasteiger partial charge >= 0.3 is 0 Å². The van der Waals surface area contributed by atoms with Gasteiger partial charge in [0.25, 0.3) is 0 Å². The first-order valence-corrected chi connectivity index (χ1v) is 7.19. The number of morpholine rings is 1. The molecule has 1 heterocycles. The second-order valence-corrected chi connectivity index (χ2v) is 5.99. The molecule has 0 saturated carbocycles. The molecule has 1 saturated heterocycles. The van der Waals surface area contributed by atoms with Crippen molar-refractivity contribution in [3.05, 3.63) is 29.3 Å². The topological polar surface area (TPSA) is 30.5 Å². The fraction of sp³-hybridized carbons (Fsp3) is 0.625. The maximum atomic E-state index is 6.35. The van der Waals surface area contributed by atoms with Crippen LogP contribution < -0.4 is 10.1 Å². The lowest BCUT2D eigenvalue weighted by Crippen LogP contribution is -2.59. The normalized spacial score (nSPS) is 34.1. The number of benzene rings is 1. The zero-order valence-corrected chi connectivity index (χ0v) is 12.0. The van der Waals surface area contributed by atoms with E-state index in [-0.39, 0.29) is 11.7 Å². The molecule has 3 nitrogen and oxygen atoms in total. The first-order chi connectivity index (χ1) is 9.12. The van der Waals surface area contributed by atoms with Crippen molar-refractivity contribution in [3.63, 3.8) is 0 Å². The standard InChI is InChI=1S/C16H23NO2/c1-11-12(2)19-16(10-17-11)7-6-13-4-5-15(18-3)8-14(13)9-16/h4-5,8,11-12,17H,6-7,9-10H2,1-3H3. The molecule has 0 radical (unpaired) electrons. The number of hydrogen-bond donors (Lipinski definition) is 1. The van der Waals surface area contributed by atoms with Gasteiger partial charge in [-0.15, -0.1) is 0 Å². The molecular weight excluding hydrogens is 238 g/mol. The zero-order valence-electron chi connectivity index (χ0n) is 12.0. The van der Waals surface area contributed by atoms with E-state index >= 15 is 0 Å². The number of fused-ring (bicyclic) bond motifs is 1. The van der Waals surface area contributed by atoms with Gasteiger partial charge < -0.3 is 14.8 Å². The minimum absolute atomic E-state index is 0.0225. The van der Waals surface area contributed by atoms with Gasteiger partial charge in [-0.05, 0) is 49.9 Å². The maximum Gasteiger partial charge on any atom is 0.119 e. The number of methoxy groups -OCH3 is 1. The van der Waals surface area contributed by atoms with E-state index in [1.807, 2.05) is 0 Å². The molecule has 1 fully saturated rings. The Kier molecular flexibility index (Phi) is 3.27. The summed E-state index contributed by atoms with van der Waals surface area (Å²) < 4.78 is 11.7. The second kappa shape index (κ2) is 4.80. The van der Waals surface area contributed by atoms with E-state index in [1.54, 1.807) is 7.11 Å². The molecule has 1 aromatic rings. The molecule has 3 unspecified atom stereocenters. The van der Waals surface area contributed by atoms with Crippen LogP contribution in [0.2, 0.25) is 0 Å². The third-order valence-corrected chi connectivity index (χ3v) is 4.66. The van der Waals surface area contributed by atoms with Gasteiger partial charge in [-0.1, -0.05) is 6.07 Å². The predicted octanol–water partition coefficient (Wildman–Crippen LogP) is 2.32. The van der Waals surface area contributed by atoms with Crippen molar-refractivity contribution in [1.29, 1.82) is 0 Å². The van der Waals surface area contributed by atoms with Gasteiger partial charge in [-0.25, -0.2) is 0 Å². The molecule has 2 aliphatic rings. The third-order valence-electron chi connectivity index (χ3n) is 4.66. The van der Waals surface area contributed by atoms with Crippen LogP contribution in [0.3, 0.4) is 0 Å². The molecule has 3 rings (SSSR count). The molecule has 0 bridgehead atoms. The van der Waals surface area contributed by atoms with Crippen LogP contribution in [0.4, 0.5) is 0 Å². The monoisotopic (exact) mass is 261 g/mol. The molecule has 1 aromatic carbocycles. The number of ether oxygens (including phenoxy) is 2. The molecule has 1 spiro atoms. The third kappa shape index (κ3) is 2.37. The second-order valence-electron chi connectivity index (χ2n) is 5.99. The summed E-state index contributed by atoms with van der Waals surface area (Å²) in [6.07, 6.45) is 3.48. The number of nitrogens with one attached hydrogen (secondary N) is 1. The van der Waals surface area contributed by atoms with Crippen LogP contribution >= 0.6 is 0 Å². The Balaban J connectivity index is 1.84. The Morgan fingerprint density at radius 3 is 2.89 bits per heavy atom. The zero-order chi connectivity index (χ0) is 13.5. The van der Waals surface area contributed by atoms with Gasteiger partial charge in [0.1, 0.15) is 5.75 Å². The highest BCUT2D eigenvalue weighted by molar-refractivity contribution is 5.39. The van der Waals surface area contributed by atoms with Crippen molar-refractivity contribution in [2.75, 3.05) is 13.7 Å². The lowest BCUT2D eigenvalue weighted by atomic mass is 9.79. The number of aryl methyl sites for hydroxylation is 1. The van der Waals surface area contributed by atoms with Gasteiger partial charge in [0.2, 0.25) is 0 Å². The van der Waals surface area contributed by atoms with Crippen LogP contribution in [0.15, 0.2) is 18.2 Å². The highest BCUT2D eigenvalue weighted by atomic mass is 16.5. The van der Waals surface area contributed by atoms with Crippen LogP contribution in [-0.2, 0) is 17.6 Å². The Hall–Kier alpha value is -1.06. The summed E-state index contributed by atoms with van der Waals surface area (Å²) in [5.74, 6) is 0.945. The molecule has 1 aliphatic heterocycles. The van der Waals surface area contributed by atoms with E-state index in [0.29, 0.717) is 6.04 Å². The smallest absolute Gasteiger partial charge is 0.119 e. The van der Waals surface area contributed by atoms with Crippen molar-refractivity contribution in [2.24, 2.45) is 0 Å². The van der Waals surface area contributed by atoms with E-state index in [0.717, 1.165) is 31.6 Å². The summed E-state index contributed by atoms with van der Waals surface area (Å²) in [5, 5.41) is 3.60. The van der Waals surface area contributed by atoms with E-state index in [2.05, 4.69) is 37.4 Å². The van der Waals surface area contributed by atoms with Crippen molar-refractivity contribution in [3.8, 4) is 5.75 Å². The number of hydrogen-bond acceptors (Lipinski definition) is 3. The summed E-state index contributed by atoms with van der Waals surface area (Å²) in [4.78, 5) is 0. The van der Waals surface area contributed by atoms with Gasteiger partial charge in [0.15, 0.2) is 0 Å². The van der Waals surface area contributed by atoms with E-state index in [1.165, 1.54) is 11.1 Å². The average molecular weight is 261 g/mol. The van der Waals surface area contributed by atoms with Crippen LogP contribution in [0, 0.1) is 0 Å². The van der Waals surface area contributed by atoms with Crippen LogP contribution in [-0.4, -0.2) is 31.4 Å². The van der Waals surface area contributed by atoms with E-state index < -0.39 is 0 Å². The van der Waals surface area contributed by atoms with Crippen molar-refractivity contribution in [2.45, 2.75) is 50.9 Å². The summed E-state index contributed by atoms with van der Waals surface area (Å²) in [5.41, 5.74) is 2.81. The first kappa shape index (κ1) is 12.9. The summed E-state index contributed by atoms with van der Waals surface area (Å²) >= 11 is 0. The molecular formula is C16H23NO2. The van der Waals surface area contributed by atoms with Crippen molar-refractivity contribution in [1.82, 2.24) is 5.32 Å². The number of rotatable bonds is 1. The minimum atomic E-state index is -0.0225. The van der Waals surface area contributed by atoms with Gasteiger partial charge in [-0.2, -0.15) is 0 Å². The molecule has 3 heteroatoms. The lowest BCUT2D eigenvalue weighted by molar-refractivity contribution is -0.131. The first-order valence-electron chi connectivity index (χ1n) is 7.19. The molecule has 104 valence electrons. The highest BCUT2D eigenvalue weighted by Crippen LogP contribution is 2.36. The van der Waals surface area contributed by atoms with Crippen LogP contribution in [0.5, 0.6) is 5.75 Å². The lowest BCUT2D eigenvalue weighted by Gasteiger charge is -2.46. The Morgan fingerprint density at radius 2 is 2.16 bits per heavy atom. The summed E-state index contributed by atoms with van der Waals surface area (Å²) in [7, 11) is 1.72. The average Bonchev–Trinajstić information content (AvgIpc) is 2.42. The fourth-order valence-electron chi connectivity index (χ4n) is 3.24. The molecule has 3 atom stereocenters. The SMILES string of the molecule is COc1ccc2c(c1)CC1(CC2)CNC(C)C(C)O1. The Bertz CT molecular complexity index is 474. The van der Waals surface area contributed by atoms with Crippen molar-refractivity contribution < 1.29 is 9.47 Å². The fourth-order valence-corrected chi connectivity index (χ4v) is 3.24.